The van der Waals surface area contributed by atoms with E-state index in [9.17, 15) is 4.79 Å². The summed E-state index contributed by atoms with van der Waals surface area (Å²) in [6, 6.07) is 0. The fraction of sp³-hybridized carbons (Fsp3) is 0.200. The molecule has 1 rings (SSSR count). The number of ether oxygens (including phenoxy) is 1. The summed E-state index contributed by atoms with van der Waals surface area (Å²) in [7, 11) is 0. The molecule has 10 heavy (non-hydrogen) atoms. The Labute approximate surface area is 66.6 Å². The van der Waals surface area contributed by atoms with Crippen LogP contribution in [0.25, 0.3) is 0 Å². The van der Waals surface area contributed by atoms with Crippen molar-refractivity contribution < 1.29 is 9.53 Å². The summed E-state index contributed by atoms with van der Waals surface area (Å²) in [5.74, 6) is 0. The first kappa shape index (κ1) is 7.50. The third kappa shape index (κ3) is 2.33. The molecule has 0 aromatic carbocycles. The second-order valence-corrected chi connectivity index (χ2v) is 2.53. The minimum absolute atomic E-state index is 0.159. The van der Waals surface area contributed by atoms with Crippen molar-refractivity contribution in [3.63, 3.8) is 0 Å². The van der Waals surface area contributed by atoms with Gasteiger partial charge in [-0.25, -0.2) is 9.78 Å². The Morgan fingerprint density at radius 1 is 1.90 bits per heavy atom. The fourth-order valence-electron chi connectivity index (χ4n) is 0.439. The maximum absolute atomic E-state index is 10.1. The van der Waals surface area contributed by atoms with Crippen molar-refractivity contribution in [2.75, 3.05) is 0 Å². The molecule has 0 unspecified atom stereocenters. The lowest BCUT2D eigenvalue weighted by atomic mass is 10.5. The molecule has 3 nitrogen and oxygen atoms in total. The average molecular weight is 178 g/mol. The van der Waals surface area contributed by atoms with E-state index in [1.54, 1.807) is 10.9 Å². The quantitative estimate of drug-likeness (QED) is 0.649. The zero-order valence-corrected chi connectivity index (χ0v) is 6.48. The van der Waals surface area contributed by atoms with Crippen LogP contribution in [0.1, 0.15) is 5.69 Å². The van der Waals surface area contributed by atoms with Crippen LogP contribution in [0.2, 0.25) is 0 Å². The van der Waals surface area contributed by atoms with Crippen LogP contribution in [-0.2, 0) is 11.3 Å². The first-order chi connectivity index (χ1) is 4.79. The maximum atomic E-state index is 10.1. The molecule has 0 N–H and O–H groups in total. The maximum Gasteiger partial charge on any atom is 0.404 e. The highest BCUT2D eigenvalue weighted by atomic mass is 35.5. The van der Waals surface area contributed by atoms with Gasteiger partial charge in [0, 0.05) is 17.0 Å². The first-order valence-electron chi connectivity index (χ1n) is 2.48. The van der Waals surface area contributed by atoms with Crippen LogP contribution in [0.15, 0.2) is 10.9 Å². The number of halogens is 1. The third-order valence-corrected chi connectivity index (χ3v) is 1.56. The standard InChI is InChI=1S/C5H4ClNO2S/c6-5(8)9-1-4-2-10-3-7-4/h2-3H,1H2. The van der Waals surface area contributed by atoms with Gasteiger partial charge in [-0.05, 0) is 0 Å². The van der Waals surface area contributed by atoms with Crippen molar-refractivity contribution >= 4 is 28.4 Å². The van der Waals surface area contributed by atoms with E-state index in [1.807, 2.05) is 0 Å². The summed E-state index contributed by atoms with van der Waals surface area (Å²) in [5, 5.41) is 1.79. The normalized spacial score (nSPS) is 9.30. The number of thiazole rings is 1. The zero-order valence-electron chi connectivity index (χ0n) is 4.91. The Bertz CT molecular complexity index is 211. The third-order valence-electron chi connectivity index (χ3n) is 0.817. The van der Waals surface area contributed by atoms with Crippen LogP contribution in [0.5, 0.6) is 0 Å². The molecule has 1 aromatic heterocycles. The van der Waals surface area contributed by atoms with Gasteiger partial charge < -0.3 is 4.74 Å². The molecule has 1 heterocycles. The van der Waals surface area contributed by atoms with Crippen molar-refractivity contribution in [2.24, 2.45) is 0 Å². The second-order valence-electron chi connectivity index (χ2n) is 1.51. The lowest BCUT2D eigenvalue weighted by Crippen LogP contribution is -1.93. The van der Waals surface area contributed by atoms with Crippen molar-refractivity contribution in [1.29, 1.82) is 0 Å². The van der Waals surface area contributed by atoms with E-state index >= 15 is 0 Å². The Morgan fingerprint density at radius 2 is 2.70 bits per heavy atom. The van der Waals surface area contributed by atoms with Gasteiger partial charge in [-0.3, -0.25) is 0 Å². The molecule has 5 heteroatoms. The van der Waals surface area contributed by atoms with Crippen LogP contribution in [-0.4, -0.2) is 10.4 Å². The van der Waals surface area contributed by atoms with Crippen LogP contribution >= 0.6 is 22.9 Å². The molecule has 0 aliphatic heterocycles. The van der Waals surface area contributed by atoms with Crippen molar-refractivity contribution in [3.05, 3.63) is 16.6 Å². The van der Waals surface area contributed by atoms with Crippen LogP contribution in [0.3, 0.4) is 0 Å². The van der Waals surface area contributed by atoms with Crippen molar-refractivity contribution in [3.8, 4) is 0 Å². The molecule has 0 amide bonds. The highest BCUT2D eigenvalue weighted by Gasteiger charge is 1.97. The van der Waals surface area contributed by atoms with Gasteiger partial charge in [0.25, 0.3) is 0 Å². The number of carbonyl (C=O) groups is 1. The molecule has 0 fully saturated rings. The van der Waals surface area contributed by atoms with E-state index in [1.165, 1.54) is 11.3 Å². The lowest BCUT2D eigenvalue weighted by molar-refractivity contribution is 0.166. The Balaban J connectivity index is 2.35. The van der Waals surface area contributed by atoms with Gasteiger partial charge in [-0.15, -0.1) is 11.3 Å². The number of aromatic nitrogens is 1. The van der Waals surface area contributed by atoms with Crippen LogP contribution in [0.4, 0.5) is 4.79 Å². The van der Waals surface area contributed by atoms with Gasteiger partial charge in [0.15, 0.2) is 0 Å². The summed E-state index contributed by atoms with van der Waals surface area (Å²) in [6.07, 6.45) is 0. The summed E-state index contributed by atoms with van der Waals surface area (Å²) in [5.41, 5.74) is 1.59. The number of nitrogens with zero attached hydrogens (tertiary/aromatic N) is 1. The van der Waals surface area contributed by atoms with Crippen LogP contribution in [0, 0.1) is 0 Å². The van der Waals surface area contributed by atoms with Gasteiger partial charge in [-0.1, -0.05) is 0 Å². The van der Waals surface area contributed by atoms with E-state index in [4.69, 9.17) is 11.6 Å². The van der Waals surface area contributed by atoms with E-state index in [0.717, 1.165) is 5.69 Å². The lowest BCUT2D eigenvalue weighted by Gasteiger charge is -1.93. The summed E-state index contributed by atoms with van der Waals surface area (Å²) < 4.78 is 4.46. The van der Waals surface area contributed by atoms with Gasteiger partial charge in [0.2, 0.25) is 0 Å². The summed E-state index contributed by atoms with van der Waals surface area (Å²) in [6.45, 7) is 0.159. The van der Waals surface area contributed by atoms with E-state index in [2.05, 4.69) is 9.72 Å². The van der Waals surface area contributed by atoms with E-state index in [-0.39, 0.29) is 6.61 Å². The molecule has 0 atom stereocenters. The predicted octanol–water partition coefficient (Wildman–Crippen LogP) is 2.02. The Hall–Kier alpha value is -0.610. The fourth-order valence-corrected chi connectivity index (χ4v) is 1.04. The number of carbonyl (C=O) groups excluding carboxylic acids is 1. The Morgan fingerprint density at radius 3 is 3.20 bits per heavy atom. The smallest absolute Gasteiger partial charge is 0.404 e. The molecule has 0 aliphatic carbocycles. The predicted molar refractivity (Wildman–Crippen MR) is 38.2 cm³/mol. The minimum atomic E-state index is -0.798. The zero-order chi connectivity index (χ0) is 7.40. The summed E-state index contributed by atoms with van der Waals surface area (Å²) >= 11 is 6.35. The molecule has 54 valence electrons. The SMILES string of the molecule is O=C(Cl)OCc1cscn1. The molecule has 0 bridgehead atoms. The number of rotatable bonds is 2. The molecule has 0 spiro atoms. The summed E-state index contributed by atoms with van der Waals surface area (Å²) in [4.78, 5) is 13.9. The minimum Gasteiger partial charge on any atom is -0.447 e. The van der Waals surface area contributed by atoms with Crippen molar-refractivity contribution in [2.45, 2.75) is 6.61 Å². The number of hydrogen-bond acceptors (Lipinski definition) is 4. The van der Waals surface area contributed by atoms with Gasteiger partial charge in [-0.2, -0.15) is 0 Å². The molecule has 0 saturated heterocycles. The topological polar surface area (TPSA) is 39.2 Å². The van der Waals surface area contributed by atoms with Gasteiger partial charge in [0.05, 0.1) is 11.2 Å². The Kier molecular flexibility index (Phi) is 2.65. The highest BCUT2D eigenvalue weighted by molar-refractivity contribution is 7.07. The highest BCUT2D eigenvalue weighted by Crippen LogP contribution is 2.03. The molecule has 0 saturated carbocycles. The monoisotopic (exact) mass is 177 g/mol. The first-order valence-corrected chi connectivity index (χ1v) is 3.80. The van der Waals surface area contributed by atoms with Crippen molar-refractivity contribution in [1.82, 2.24) is 4.98 Å². The molecule has 0 radical (unpaired) electrons. The number of hydrogen-bond donors (Lipinski definition) is 0. The molecule has 1 aromatic rings. The second kappa shape index (κ2) is 3.53. The average Bonchev–Trinajstić information content (AvgIpc) is 2.34. The van der Waals surface area contributed by atoms with Gasteiger partial charge >= 0.3 is 5.43 Å². The molecular formula is C5H4ClNO2S. The van der Waals surface area contributed by atoms with Gasteiger partial charge in [0.1, 0.15) is 6.61 Å². The largest absolute Gasteiger partial charge is 0.447 e. The molecular weight excluding hydrogens is 174 g/mol. The van der Waals surface area contributed by atoms with E-state index in [0.29, 0.717) is 0 Å². The molecule has 0 aliphatic rings. The van der Waals surface area contributed by atoms with E-state index < -0.39 is 5.43 Å². The van der Waals surface area contributed by atoms with Crippen LogP contribution < -0.4 is 0 Å².